The van der Waals surface area contributed by atoms with E-state index in [-0.39, 0.29) is 55.0 Å². The van der Waals surface area contributed by atoms with Crippen LogP contribution in [-0.4, -0.2) is 73.9 Å². The third-order valence-corrected chi connectivity index (χ3v) is 4.72. The summed E-state index contributed by atoms with van der Waals surface area (Å²) in [5, 5.41) is 15.4. The Morgan fingerprint density at radius 2 is 1.78 bits per heavy atom. The number of benzene rings is 1. The summed E-state index contributed by atoms with van der Waals surface area (Å²) >= 11 is 0. The van der Waals surface area contributed by atoms with Crippen molar-refractivity contribution in [3.8, 4) is 0 Å². The molecule has 0 aromatic heterocycles. The molecule has 1 aromatic rings. The van der Waals surface area contributed by atoms with E-state index >= 15 is 0 Å². The molecule has 2 saturated heterocycles. The Labute approximate surface area is 178 Å². The number of anilines is 1. The molecule has 2 aliphatic heterocycles. The van der Waals surface area contributed by atoms with E-state index in [4.69, 9.17) is 0 Å². The van der Waals surface area contributed by atoms with Crippen LogP contribution >= 0.6 is 37.2 Å². The summed E-state index contributed by atoms with van der Waals surface area (Å²) in [5.41, 5.74) is 1.05. The fraction of sp³-hybridized carbons (Fsp3) is 0.588. The fourth-order valence-electron chi connectivity index (χ4n) is 3.26. The van der Waals surface area contributed by atoms with Crippen LogP contribution in [0.3, 0.4) is 0 Å². The molecule has 0 bridgehead atoms. The Hall–Kier alpha value is -0.830. The van der Waals surface area contributed by atoms with Crippen LogP contribution in [0.2, 0.25) is 0 Å². The lowest BCUT2D eigenvalue weighted by molar-refractivity contribution is -0.123. The molecule has 0 aliphatic carbocycles. The molecule has 2 heterocycles. The van der Waals surface area contributed by atoms with Crippen molar-refractivity contribution in [2.75, 3.05) is 50.7 Å². The number of carbonyl (C=O) groups is 1. The van der Waals surface area contributed by atoms with Gasteiger partial charge in [-0.2, -0.15) is 0 Å². The van der Waals surface area contributed by atoms with Crippen LogP contribution in [0, 0.1) is 5.82 Å². The monoisotopic (exact) mass is 444 g/mol. The highest BCUT2D eigenvalue weighted by Crippen LogP contribution is 2.16. The number of β-amino-alcohol motifs (C(OH)–C–C–N with tert-alkyl or cyclic N) is 1. The molecule has 6 nitrogen and oxygen atoms in total. The molecule has 1 aromatic carbocycles. The first-order valence-corrected chi connectivity index (χ1v) is 8.54. The number of rotatable bonds is 5. The van der Waals surface area contributed by atoms with Crippen molar-refractivity contribution in [1.82, 2.24) is 15.5 Å². The molecule has 2 aliphatic rings. The van der Waals surface area contributed by atoms with Gasteiger partial charge in [-0.05, 0) is 30.7 Å². The summed E-state index contributed by atoms with van der Waals surface area (Å²) in [6, 6.07) is 6.34. The van der Waals surface area contributed by atoms with Gasteiger partial charge in [0.05, 0.1) is 12.1 Å². The van der Waals surface area contributed by atoms with E-state index in [1.165, 1.54) is 12.1 Å². The predicted molar refractivity (Wildman–Crippen MR) is 112 cm³/mol. The minimum atomic E-state index is -0.416. The third-order valence-electron chi connectivity index (χ3n) is 4.72. The SMILES string of the molecule is Cl.Cl.Cl.O=C(NCCN1CCN(c2ccc(F)cc2)CC1)C1CC(O)CN1. The van der Waals surface area contributed by atoms with Gasteiger partial charge in [0.2, 0.25) is 5.91 Å². The van der Waals surface area contributed by atoms with Crippen molar-refractivity contribution < 1.29 is 14.3 Å². The van der Waals surface area contributed by atoms with Crippen LogP contribution in [-0.2, 0) is 4.79 Å². The lowest BCUT2D eigenvalue weighted by Gasteiger charge is -2.36. The first-order valence-electron chi connectivity index (χ1n) is 8.54. The summed E-state index contributed by atoms with van der Waals surface area (Å²) < 4.78 is 13.0. The van der Waals surface area contributed by atoms with Crippen molar-refractivity contribution in [3.63, 3.8) is 0 Å². The maximum absolute atomic E-state index is 13.0. The first-order chi connectivity index (χ1) is 11.6. The zero-order valence-corrected chi connectivity index (χ0v) is 17.4. The largest absolute Gasteiger partial charge is 0.392 e. The highest BCUT2D eigenvalue weighted by atomic mass is 35.5. The molecule has 2 atom stereocenters. The van der Waals surface area contributed by atoms with Crippen LogP contribution in [0.15, 0.2) is 24.3 Å². The Morgan fingerprint density at radius 1 is 1.15 bits per heavy atom. The molecule has 2 fully saturated rings. The second kappa shape index (κ2) is 12.6. The zero-order chi connectivity index (χ0) is 16.9. The Bertz CT molecular complexity index is 560. The van der Waals surface area contributed by atoms with Crippen LogP contribution in [0.5, 0.6) is 0 Å². The summed E-state index contributed by atoms with van der Waals surface area (Å²) in [4.78, 5) is 16.5. The van der Waals surface area contributed by atoms with Gasteiger partial charge in [-0.25, -0.2) is 4.39 Å². The number of aliphatic hydroxyl groups is 1. The van der Waals surface area contributed by atoms with E-state index in [2.05, 4.69) is 20.4 Å². The number of amides is 1. The van der Waals surface area contributed by atoms with E-state index in [9.17, 15) is 14.3 Å². The lowest BCUT2D eigenvalue weighted by Crippen LogP contribution is -2.49. The number of hydrogen-bond acceptors (Lipinski definition) is 5. The van der Waals surface area contributed by atoms with E-state index in [0.717, 1.165) is 38.4 Å². The van der Waals surface area contributed by atoms with Gasteiger partial charge in [0.25, 0.3) is 0 Å². The van der Waals surface area contributed by atoms with Crippen LogP contribution in [0.25, 0.3) is 0 Å². The number of nitrogens with one attached hydrogen (secondary N) is 2. The van der Waals surface area contributed by atoms with E-state index in [1.807, 2.05) is 12.1 Å². The molecule has 27 heavy (non-hydrogen) atoms. The van der Waals surface area contributed by atoms with Crippen LogP contribution in [0.4, 0.5) is 10.1 Å². The summed E-state index contributed by atoms with van der Waals surface area (Å²) in [6.07, 6.45) is 0.0719. The molecule has 3 rings (SSSR count). The quantitative estimate of drug-likeness (QED) is 0.632. The van der Waals surface area contributed by atoms with Gasteiger partial charge in [-0.1, -0.05) is 0 Å². The summed E-state index contributed by atoms with van der Waals surface area (Å²) in [7, 11) is 0. The molecular formula is C17H28Cl3FN4O2. The number of carbonyl (C=O) groups excluding carboxylic acids is 1. The molecule has 0 radical (unpaired) electrons. The molecule has 156 valence electrons. The van der Waals surface area contributed by atoms with E-state index < -0.39 is 6.10 Å². The van der Waals surface area contributed by atoms with Crippen molar-refractivity contribution in [2.45, 2.75) is 18.6 Å². The van der Waals surface area contributed by atoms with Gasteiger partial charge in [0.15, 0.2) is 0 Å². The average Bonchev–Trinajstić information content (AvgIpc) is 3.03. The van der Waals surface area contributed by atoms with Gasteiger partial charge >= 0.3 is 0 Å². The molecule has 0 spiro atoms. The highest BCUT2D eigenvalue weighted by molar-refractivity contribution is 5.86. The Morgan fingerprint density at radius 3 is 2.33 bits per heavy atom. The number of aliphatic hydroxyl groups excluding tert-OH is 1. The highest BCUT2D eigenvalue weighted by Gasteiger charge is 2.27. The van der Waals surface area contributed by atoms with Gasteiger partial charge in [-0.15, -0.1) is 37.2 Å². The number of piperazine rings is 1. The second-order valence-electron chi connectivity index (χ2n) is 6.45. The van der Waals surface area contributed by atoms with Gasteiger partial charge in [-0.3, -0.25) is 9.69 Å². The number of halogens is 4. The van der Waals surface area contributed by atoms with Crippen LogP contribution < -0.4 is 15.5 Å². The maximum Gasteiger partial charge on any atom is 0.237 e. The first kappa shape index (κ1) is 26.2. The van der Waals surface area contributed by atoms with Crippen LogP contribution in [0.1, 0.15) is 6.42 Å². The number of hydrogen-bond donors (Lipinski definition) is 3. The van der Waals surface area contributed by atoms with Gasteiger partial charge < -0.3 is 20.6 Å². The summed E-state index contributed by atoms with van der Waals surface area (Å²) in [5.74, 6) is -0.242. The van der Waals surface area contributed by atoms with Crippen molar-refractivity contribution in [3.05, 3.63) is 30.1 Å². The van der Waals surface area contributed by atoms with Gasteiger partial charge in [0, 0.05) is 51.5 Å². The molecule has 10 heteroatoms. The molecule has 1 amide bonds. The molecule has 0 saturated carbocycles. The third kappa shape index (κ3) is 7.60. The Balaban J connectivity index is 0.00000225. The Kier molecular flexibility index (Phi) is 12.2. The topological polar surface area (TPSA) is 67.8 Å². The van der Waals surface area contributed by atoms with E-state index in [1.54, 1.807) is 0 Å². The normalized spacial score (nSPS) is 22.2. The predicted octanol–water partition coefficient (Wildman–Crippen LogP) is 1.05. The average molecular weight is 446 g/mol. The minimum Gasteiger partial charge on any atom is -0.392 e. The fourth-order valence-corrected chi connectivity index (χ4v) is 3.26. The standard InChI is InChI=1S/C17H25FN4O2.3ClH/c18-13-1-3-14(4-2-13)22-9-7-21(8-10-22)6-5-19-17(24)16-11-15(23)12-20-16;;;/h1-4,15-16,20,23H,5-12H2,(H,19,24);3*1H. The van der Waals surface area contributed by atoms with Crippen molar-refractivity contribution in [1.29, 1.82) is 0 Å². The second-order valence-corrected chi connectivity index (χ2v) is 6.45. The van der Waals surface area contributed by atoms with E-state index in [0.29, 0.717) is 19.5 Å². The molecule has 2 unspecified atom stereocenters. The van der Waals surface area contributed by atoms with Crippen molar-refractivity contribution in [2.24, 2.45) is 0 Å². The smallest absolute Gasteiger partial charge is 0.237 e. The summed E-state index contributed by atoms with van der Waals surface area (Å²) in [6.45, 7) is 5.57. The zero-order valence-electron chi connectivity index (χ0n) is 15.0. The molecule has 3 N–H and O–H groups in total. The minimum absolute atomic E-state index is 0. The number of nitrogens with zero attached hydrogens (tertiary/aromatic N) is 2. The van der Waals surface area contributed by atoms with Gasteiger partial charge in [0.1, 0.15) is 5.82 Å². The van der Waals surface area contributed by atoms with Crippen molar-refractivity contribution >= 4 is 48.8 Å². The maximum atomic E-state index is 13.0. The lowest BCUT2D eigenvalue weighted by atomic mass is 10.2. The molecular weight excluding hydrogens is 418 g/mol.